The first-order valence-electron chi connectivity index (χ1n) is 9.14. The van der Waals surface area contributed by atoms with E-state index in [1.807, 2.05) is 45.0 Å². The highest BCUT2D eigenvalue weighted by Crippen LogP contribution is 2.35. The number of imidazole rings is 1. The molecule has 5 heterocycles. The van der Waals surface area contributed by atoms with Gasteiger partial charge in [0.15, 0.2) is 5.65 Å². The van der Waals surface area contributed by atoms with Gasteiger partial charge in [-0.15, -0.1) is 0 Å². The van der Waals surface area contributed by atoms with E-state index in [2.05, 4.69) is 27.1 Å². The molecule has 6 rings (SSSR count). The molecule has 0 aliphatic carbocycles. The number of hydrogen-bond donors (Lipinski definition) is 0. The molecule has 0 N–H and O–H groups in total. The third-order valence-electron chi connectivity index (χ3n) is 5.37. The highest BCUT2D eigenvalue weighted by molar-refractivity contribution is 6.08. The molecule has 0 saturated heterocycles. The second-order valence-corrected chi connectivity index (χ2v) is 7.15. The molecule has 0 radical (unpaired) electrons. The van der Waals surface area contributed by atoms with E-state index in [-0.39, 0.29) is 0 Å². The number of pyridine rings is 2. The number of benzene rings is 1. The molecule has 6 aromatic rings. The lowest BCUT2D eigenvalue weighted by atomic mass is 10.1. The lowest BCUT2D eigenvalue weighted by Crippen LogP contribution is -1.86. The number of aryl methyl sites for hydroxylation is 3. The predicted octanol–water partition coefficient (Wildman–Crippen LogP) is 5.36. The maximum atomic E-state index is 6.13. The fraction of sp³-hybridized carbons (Fsp3) is 0.136. The van der Waals surface area contributed by atoms with E-state index in [4.69, 9.17) is 8.94 Å². The topological polar surface area (TPSA) is 69.4 Å². The number of aromatic nitrogens is 4. The Morgan fingerprint density at radius 2 is 1.86 bits per heavy atom. The molecule has 0 fully saturated rings. The van der Waals surface area contributed by atoms with Gasteiger partial charge in [-0.25, -0.2) is 9.97 Å². The third kappa shape index (κ3) is 1.94. The summed E-state index contributed by atoms with van der Waals surface area (Å²) in [4.78, 5) is 13.8. The largest absolute Gasteiger partial charge is 0.437 e. The predicted molar refractivity (Wildman–Crippen MR) is 107 cm³/mol. The molecule has 0 spiro atoms. The van der Waals surface area contributed by atoms with Crippen LogP contribution in [0.5, 0.6) is 0 Å². The number of para-hydroxylation sites is 1. The first-order chi connectivity index (χ1) is 13.6. The summed E-state index contributed by atoms with van der Waals surface area (Å²) in [6.07, 6.45) is 1.78. The Balaban J connectivity index is 1.66. The third-order valence-corrected chi connectivity index (χ3v) is 5.37. The van der Waals surface area contributed by atoms with Gasteiger partial charge in [0.05, 0.1) is 11.9 Å². The monoisotopic (exact) mass is 368 g/mol. The van der Waals surface area contributed by atoms with Gasteiger partial charge in [0.2, 0.25) is 5.71 Å². The highest BCUT2D eigenvalue weighted by Gasteiger charge is 2.17. The van der Waals surface area contributed by atoms with Crippen LogP contribution >= 0.6 is 0 Å². The van der Waals surface area contributed by atoms with Gasteiger partial charge in [-0.1, -0.05) is 12.1 Å². The molecule has 136 valence electrons. The average molecular weight is 368 g/mol. The highest BCUT2D eigenvalue weighted by atomic mass is 16.5. The van der Waals surface area contributed by atoms with Gasteiger partial charge in [-0.05, 0) is 45.0 Å². The Kier molecular flexibility index (Phi) is 2.86. The quantitative estimate of drug-likeness (QED) is 0.391. The molecule has 0 unspecified atom stereocenters. The molecule has 0 saturated carbocycles. The van der Waals surface area contributed by atoms with Crippen molar-refractivity contribution < 1.29 is 8.94 Å². The van der Waals surface area contributed by atoms with Crippen LogP contribution in [0, 0.1) is 20.8 Å². The number of rotatable bonds is 1. The van der Waals surface area contributed by atoms with Crippen LogP contribution in [0.15, 0.2) is 51.5 Å². The number of furan rings is 1. The Morgan fingerprint density at radius 1 is 0.964 bits per heavy atom. The minimum atomic E-state index is 0.646. The van der Waals surface area contributed by atoms with Crippen molar-refractivity contribution in [2.24, 2.45) is 0 Å². The Hall–Kier alpha value is -3.67. The second-order valence-electron chi connectivity index (χ2n) is 7.15. The van der Waals surface area contributed by atoms with Gasteiger partial charge in [0.25, 0.3) is 0 Å². The standard InChI is InChI=1S/C22H16N4O2/c1-11-7-8-15-14-5-4-6-16(20(14)27-22(15)24-11)17-9-19-18(10-23-17)25-21-12(2)13(3)28-26(19)21/h4-10H,1-3H3. The minimum Gasteiger partial charge on any atom is -0.437 e. The van der Waals surface area contributed by atoms with Crippen molar-refractivity contribution in [3.05, 3.63) is 59.6 Å². The molecule has 1 aromatic carbocycles. The summed E-state index contributed by atoms with van der Waals surface area (Å²) >= 11 is 0. The summed E-state index contributed by atoms with van der Waals surface area (Å²) in [6.45, 7) is 5.92. The summed E-state index contributed by atoms with van der Waals surface area (Å²) in [7, 11) is 0. The SMILES string of the molecule is Cc1ccc2c(n1)oc1c(-c3cc4c(cn3)nc3c(C)c(C)on34)cccc12. The molecule has 28 heavy (non-hydrogen) atoms. The molecule has 0 atom stereocenters. The molecule has 0 aliphatic rings. The van der Waals surface area contributed by atoms with Crippen molar-refractivity contribution in [1.82, 2.24) is 19.5 Å². The van der Waals surface area contributed by atoms with Crippen molar-refractivity contribution in [3.63, 3.8) is 0 Å². The first-order valence-corrected chi connectivity index (χ1v) is 9.14. The Morgan fingerprint density at radius 3 is 2.75 bits per heavy atom. The van der Waals surface area contributed by atoms with Gasteiger partial charge in [0.1, 0.15) is 22.4 Å². The lowest BCUT2D eigenvalue weighted by Gasteiger charge is -2.02. The summed E-state index contributed by atoms with van der Waals surface area (Å²) in [6, 6.07) is 12.1. The smallest absolute Gasteiger partial charge is 0.227 e. The van der Waals surface area contributed by atoms with E-state index >= 15 is 0 Å². The average Bonchev–Trinajstić information content (AvgIpc) is 3.32. The van der Waals surface area contributed by atoms with Crippen molar-refractivity contribution >= 4 is 38.7 Å². The van der Waals surface area contributed by atoms with E-state index in [1.165, 1.54) is 0 Å². The zero-order valence-corrected chi connectivity index (χ0v) is 15.6. The van der Waals surface area contributed by atoms with Crippen LogP contribution in [-0.4, -0.2) is 19.5 Å². The summed E-state index contributed by atoms with van der Waals surface area (Å²) in [5.41, 5.74) is 7.65. The van der Waals surface area contributed by atoms with Crippen LogP contribution in [0.1, 0.15) is 17.0 Å². The van der Waals surface area contributed by atoms with Crippen LogP contribution in [0.25, 0.3) is 50.0 Å². The van der Waals surface area contributed by atoms with Gasteiger partial charge < -0.3 is 8.94 Å². The minimum absolute atomic E-state index is 0.646. The van der Waals surface area contributed by atoms with Gasteiger partial charge in [-0.3, -0.25) is 4.98 Å². The summed E-state index contributed by atoms with van der Waals surface area (Å²) in [5.74, 6) is 0.864. The van der Waals surface area contributed by atoms with E-state index in [0.717, 1.165) is 61.3 Å². The van der Waals surface area contributed by atoms with Crippen molar-refractivity contribution in [2.75, 3.05) is 0 Å². The lowest BCUT2D eigenvalue weighted by molar-refractivity contribution is 0.367. The molecule has 6 heteroatoms. The van der Waals surface area contributed by atoms with E-state index in [0.29, 0.717) is 5.71 Å². The van der Waals surface area contributed by atoms with Gasteiger partial charge >= 0.3 is 0 Å². The van der Waals surface area contributed by atoms with Crippen LogP contribution in [0.3, 0.4) is 0 Å². The van der Waals surface area contributed by atoms with Crippen LogP contribution in [-0.2, 0) is 0 Å². The van der Waals surface area contributed by atoms with E-state index < -0.39 is 0 Å². The van der Waals surface area contributed by atoms with Crippen LogP contribution < -0.4 is 0 Å². The normalized spacial score (nSPS) is 12.1. The number of fused-ring (bicyclic) bond motifs is 6. The van der Waals surface area contributed by atoms with Gasteiger partial charge in [-0.2, -0.15) is 4.57 Å². The molecule has 0 amide bonds. The van der Waals surface area contributed by atoms with E-state index in [1.54, 1.807) is 10.8 Å². The Labute approximate surface area is 159 Å². The van der Waals surface area contributed by atoms with Crippen molar-refractivity contribution in [2.45, 2.75) is 20.8 Å². The molecule has 5 aromatic heterocycles. The second kappa shape index (κ2) is 5.19. The first kappa shape index (κ1) is 15.4. The Bertz CT molecular complexity index is 1550. The maximum Gasteiger partial charge on any atom is 0.227 e. The van der Waals surface area contributed by atoms with Crippen LogP contribution in [0.4, 0.5) is 0 Å². The summed E-state index contributed by atoms with van der Waals surface area (Å²) in [5, 5.41) is 2.04. The van der Waals surface area contributed by atoms with Crippen molar-refractivity contribution in [1.29, 1.82) is 0 Å². The zero-order chi connectivity index (χ0) is 19.0. The van der Waals surface area contributed by atoms with Gasteiger partial charge in [0, 0.05) is 27.6 Å². The van der Waals surface area contributed by atoms with E-state index in [9.17, 15) is 0 Å². The fourth-order valence-electron chi connectivity index (χ4n) is 3.77. The van der Waals surface area contributed by atoms with Crippen LogP contribution in [0.2, 0.25) is 0 Å². The van der Waals surface area contributed by atoms with Crippen molar-refractivity contribution in [3.8, 4) is 11.3 Å². The molecular weight excluding hydrogens is 352 g/mol. The fourth-order valence-corrected chi connectivity index (χ4v) is 3.77. The maximum absolute atomic E-state index is 6.13. The summed E-state index contributed by atoms with van der Waals surface area (Å²) < 4.78 is 13.8. The number of nitrogens with zero attached hydrogens (tertiary/aromatic N) is 4. The molecule has 0 aliphatic heterocycles. The molecule has 0 bridgehead atoms. The number of hydrogen-bond acceptors (Lipinski definition) is 5. The molecule has 6 nitrogen and oxygen atoms in total. The zero-order valence-electron chi connectivity index (χ0n) is 15.6. The molecular formula is C22H16N4O2.